The van der Waals surface area contributed by atoms with Crippen LogP contribution in [0.15, 0.2) is 15.8 Å². The van der Waals surface area contributed by atoms with Crippen LogP contribution >= 0.6 is 48.8 Å². The van der Waals surface area contributed by atoms with E-state index in [2.05, 4.69) is 42.6 Å². The summed E-state index contributed by atoms with van der Waals surface area (Å²) in [5.74, 6) is 0. The van der Waals surface area contributed by atoms with E-state index in [-0.39, 0.29) is 0 Å². The SMILES string of the molecule is CCCCCCNC1=C(S)N(Cl)N(Cl)N=C1S. The number of halogens is 2. The number of nitrogens with zero attached hydrogens (tertiary/aromatic N) is 3. The molecule has 0 atom stereocenters. The van der Waals surface area contributed by atoms with Crippen molar-refractivity contribution in [2.75, 3.05) is 6.54 Å². The van der Waals surface area contributed by atoms with Gasteiger partial charge >= 0.3 is 0 Å². The van der Waals surface area contributed by atoms with E-state index < -0.39 is 0 Å². The Balaban J connectivity index is 2.48. The van der Waals surface area contributed by atoms with Crippen LogP contribution in [-0.4, -0.2) is 20.8 Å². The van der Waals surface area contributed by atoms with Crippen LogP contribution < -0.4 is 5.32 Å². The zero-order valence-corrected chi connectivity index (χ0v) is 12.8. The normalized spacial score (nSPS) is 16.4. The summed E-state index contributed by atoms with van der Waals surface area (Å²) in [6, 6.07) is 0. The van der Waals surface area contributed by atoms with Crippen molar-refractivity contribution >= 4 is 53.9 Å². The molecule has 0 aliphatic carbocycles. The van der Waals surface area contributed by atoms with Crippen molar-refractivity contribution in [2.45, 2.75) is 32.6 Å². The second-order valence-corrected chi connectivity index (χ2v) is 5.08. The molecule has 0 aromatic heterocycles. The summed E-state index contributed by atoms with van der Waals surface area (Å²) in [7, 11) is 0. The Morgan fingerprint density at radius 1 is 1.24 bits per heavy atom. The molecular weight excluding hydrogens is 299 g/mol. The third-order valence-corrected chi connectivity index (χ3v) is 3.74. The molecule has 1 rings (SSSR count). The van der Waals surface area contributed by atoms with Gasteiger partial charge in [-0.05, 0) is 6.42 Å². The fourth-order valence-corrected chi connectivity index (χ4v) is 2.36. The highest BCUT2D eigenvalue weighted by Gasteiger charge is 2.23. The Morgan fingerprint density at radius 2 is 1.94 bits per heavy atom. The third kappa shape index (κ3) is 4.35. The van der Waals surface area contributed by atoms with Crippen LogP contribution in [0.5, 0.6) is 0 Å². The first-order chi connectivity index (χ1) is 8.07. The second kappa shape index (κ2) is 7.51. The van der Waals surface area contributed by atoms with Crippen LogP contribution in [0.4, 0.5) is 0 Å². The van der Waals surface area contributed by atoms with E-state index in [4.69, 9.17) is 23.6 Å². The van der Waals surface area contributed by atoms with E-state index in [1.165, 1.54) is 19.3 Å². The van der Waals surface area contributed by atoms with E-state index in [0.29, 0.717) is 15.8 Å². The quantitative estimate of drug-likeness (QED) is 0.399. The second-order valence-electron chi connectivity index (χ2n) is 3.61. The summed E-state index contributed by atoms with van der Waals surface area (Å²) in [5.41, 5.74) is 0.695. The van der Waals surface area contributed by atoms with Gasteiger partial charge in [0.05, 0.1) is 11.8 Å². The Hall–Kier alpha value is 0.0900. The molecule has 1 heterocycles. The predicted octanol–water partition coefficient (Wildman–Crippen LogP) is 3.34. The molecular formula is C9H16Cl2N4S2. The summed E-state index contributed by atoms with van der Waals surface area (Å²) >= 11 is 20.1. The highest BCUT2D eigenvalue weighted by atomic mass is 35.5. The number of thiol groups is 2. The summed E-state index contributed by atoms with van der Waals surface area (Å²) < 4.78 is 2.06. The Morgan fingerprint density at radius 3 is 2.59 bits per heavy atom. The molecule has 8 heteroatoms. The number of hydrogen-bond acceptors (Lipinski definition) is 5. The minimum atomic E-state index is 0.470. The van der Waals surface area contributed by atoms with E-state index in [1.807, 2.05) is 0 Å². The van der Waals surface area contributed by atoms with Crippen molar-refractivity contribution in [1.29, 1.82) is 0 Å². The molecule has 17 heavy (non-hydrogen) atoms. The molecule has 0 saturated heterocycles. The zero-order chi connectivity index (χ0) is 12.8. The lowest BCUT2D eigenvalue weighted by Crippen LogP contribution is -2.33. The Bertz CT molecular complexity index is 322. The number of hydrogen-bond donors (Lipinski definition) is 3. The number of unbranched alkanes of at least 4 members (excludes halogenated alkanes) is 3. The molecule has 1 aliphatic rings. The smallest absolute Gasteiger partial charge is 0.143 e. The van der Waals surface area contributed by atoms with Gasteiger partial charge in [0.25, 0.3) is 0 Å². The predicted molar refractivity (Wildman–Crippen MR) is 80.0 cm³/mol. The highest BCUT2D eigenvalue weighted by Crippen LogP contribution is 2.27. The lowest BCUT2D eigenvalue weighted by Gasteiger charge is -2.27. The van der Waals surface area contributed by atoms with Gasteiger partial charge in [0.15, 0.2) is 0 Å². The maximum absolute atomic E-state index is 5.85. The topological polar surface area (TPSA) is 30.9 Å². The maximum Gasteiger partial charge on any atom is 0.143 e. The van der Waals surface area contributed by atoms with Crippen LogP contribution in [0.1, 0.15) is 32.6 Å². The average Bonchev–Trinajstić information content (AvgIpc) is 2.30. The number of hydrazine groups is 1. The van der Waals surface area contributed by atoms with E-state index in [1.54, 1.807) is 0 Å². The molecule has 1 aliphatic heterocycles. The van der Waals surface area contributed by atoms with Crippen LogP contribution in [-0.2, 0) is 0 Å². The van der Waals surface area contributed by atoms with Gasteiger partial charge in [-0.2, -0.15) is 4.53 Å². The molecule has 0 saturated carbocycles. The first-order valence-corrected chi connectivity index (χ1v) is 7.01. The summed E-state index contributed by atoms with van der Waals surface area (Å²) in [6.45, 7) is 3.02. The van der Waals surface area contributed by atoms with Crippen LogP contribution in [0.3, 0.4) is 0 Å². The van der Waals surface area contributed by atoms with Gasteiger partial charge in [0.2, 0.25) is 0 Å². The molecule has 0 bridgehead atoms. The highest BCUT2D eigenvalue weighted by molar-refractivity contribution is 7.97. The minimum absolute atomic E-state index is 0.470. The summed E-state index contributed by atoms with van der Waals surface area (Å²) in [6.07, 6.45) is 4.75. The van der Waals surface area contributed by atoms with Crippen molar-refractivity contribution < 1.29 is 0 Å². The van der Waals surface area contributed by atoms with Crippen molar-refractivity contribution in [3.8, 4) is 0 Å². The van der Waals surface area contributed by atoms with Gasteiger partial charge in [0, 0.05) is 18.3 Å². The van der Waals surface area contributed by atoms with Crippen molar-refractivity contribution in [3.05, 3.63) is 10.7 Å². The lowest BCUT2D eigenvalue weighted by atomic mass is 10.2. The molecule has 0 amide bonds. The first kappa shape index (κ1) is 15.1. The first-order valence-electron chi connectivity index (χ1n) is 5.44. The number of hydrazone groups is 1. The van der Waals surface area contributed by atoms with Crippen molar-refractivity contribution in [3.63, 3.8) is 0 Å². The molecule has 0 radical (unpaired) electrons. The average molecular weight is 315 g/mol. The van der Waals surface area contributed by atoms with E-state index in [9.17, 15) is 0 Å². The molecule has 98 valence electrons. The fourth-order valence-electron chi connectivity index (χ4n) is 1.36. The third-order valence-electron chi connectivity index (χ3n) is 2.28. The minimum Gasteiger partial charge on any atom is -0.381 e. The number of nitrogens with one attached hydrogen (secondary N) is 1. The van der Waals surface area contributed by atoms with Gasteiger partial charge < -0.3 is 5.32 Å². The molecule has 0 aromatic rings. The van der Waals surface area contributed by atoms with Crippen LogP contribution in [0.2, 0.25) is 0 Å². The van der Waals surface area contributed by atoms with Crippen LogP contribution in [0.25, 0.3) is 0 Å². The van der Waals surface area contributed by atoms with Gasteiger partial charge in [0.1, 0.15) is 15.8 Å². The monoisotopic (exact) mass is 314 g/mol. The molecule has 0 fully saturated rings. The Kier molecular flexibility index (Phi) is 6.69. The molecule has 0 unspecified atom stereocenters. The van der Waals surface area contributed by atoms with Gasteiger partial charge in [-0.1, -0.05) is 30.8 Å². The Labute approximate surface area is 123 Å². The van der Waals surface area contributed by atoms with Gasteiger partial charge in [-0.15, -0.1) is 30.4 Å². The van der Waals surface area contributed by atoms with E-state index in [0.717, 1.165) is 22.1 Å². The fraction of sp³-hybridized carbons (Fsp3) is 0.667. The number of rotatable bonds is 6. The van der Waals surface area contributed by atoms with Gasteiger partial charge in [-0.25, -0.2) is 0 Å². The summed E-state index contributed by atoms with van der Waals surface area (Å²) in [4.78, 5) is 0. The molecule has 4 nitrogen and oxygen atoms in total. The molecule has 0 spiro atoms. The molecule has 1 N–H and O–H groups in total. The van der Waals surface area contributed by atoms with E-state index >= 15 is 0 Å². The standard InChI is InChI=1S/C9H16Cl2N4S2/c1-2-3-4-5-6-12-7-8(16)13-15(11)14(10)9(7)17/h12,17H,2-6H2,1H3,(H,13,16). The lowest BCUT2D eigenvalue weighted by molar-refractivity contribution is 0.239. The van der Waals surface area contributed by atoms with Gasteiger partial charge in [-0.3, -0.25) is 0 Å². The zero-order valence-electron chi connectivity index (χ0n) is 9.53. The van der Waals surface area contributed by atoms with Crippen molar-refractivity contribution in [2.24, 2.45) is 5.10 Å². The molecule has 0 aromatic carbocycles. The van der Waals surface area contributed by atoms with Crippen LogP contribution in [0, 0.1) is 0 Å². The largest absolute Gasteiger partial charge is 0.381 e. The van der Waals surface area contributed by atoms with Crippen molar-refractivity contribution in [1.82, 2.24) is 14.5 Å². The maximum atomic E-state index is 5.85. The summed E-state index contributed by atoms with van der Waals surface area (Å²) in [5, 5.41) is 8.08.